The lowest BCUT2D eigenvalue weighted by Crippen LogP contribution is -2.11. The second kappa shape index (κ2) is 8.01. The van der Waals surface area contributed by atoms with Crippen LogP contribution in [0.4, 0.5) is 5.69 Å². The maximum atomic E-state index is 12.4. The van der Waals surface area contributed by atoms with E-state index in [9.17, 15) is 9.59 Å². The quantitative estimate of drug-likeness (QED) is 0.638. The number of nitrogens with one attached hydrogen (secondary N) is 1. The van der Waals surface area contributed by atoms with Crippen LogP contribution in [-0.4, -0.2) is 25.6 Å². The fourth-order valence-corrected chi connectivity index (χ4v) is 3.57. The van der Waals surface area contributed by atoms with E-state index in [2.05, 4.69) is 5.32 Å². The number of anilines is 1. The topological polar surface area (TPSA) is 64.6 Å². The Morgan fingerprint density at radius 3 is 2.58 bits per heavy atom. The molecule has 5 nitrogen and oxygen atoms in total. The van der Waals surface area contributed by atoms with Crippen LogP contribution in [0.2, 0.25) is 0 Å². The Bertz CT molecular complexity index is 934. The first-order valence-corrected chi connectivity index (χ1v) is 9.09. The van der Waals surface area contributed by atoms with E-state index in [1.807, 2.05) is 43.3 Å². The van der Waals surface area contributed by atoms with Crippen LogP contribution >= 0.6 is 11.3 Å². The van der Waals surface area contributed by atoms with E-state index in [0.29, 0.717) is 28.5 Å². The molecule has 1 N–H and O–H groups in total. The fourth-order valence-electron chi connectivity index (χ4n) is 2.52. The maximum Gasteiger partial charge on any atom is 0.351 e. The minimum Gasteiger partial charge on any atom is -0.491 e. The molecule has 26 heavy (non-hydrogen) atoms. The largest absolute Gasteiger partial charge is 0.491 e. The number of carbonyl (C=O) groups is 2. The van der Waals surface area contributed by atoms with Crippen molar-refractivity contribution in [1.29, 1.82) is 0 Å². The van der Waals surface area contributed by atoms with Gasteiger partial charge in [-0.05, 0) is 36.8 Å². The van der Waals surface area contributed by atoms with Crippen LogP contribution in [0.3, 0.4) is 0 Å². The third-order valence-electron chi connectivity index (χ3n) is 3.76. The zero-order valence-corrected chi connectivity index (χ0v) is 15.4. The molecule has 6 heteroatoms. The first-order valence-electron chi connectivity index (χ1n) is 8.28. The molecule has 2 aromatic carbocycles. The van der Waals surface area contributed by atoms with Crippen molar-refractivity contribution < 1.29 is 19.1 Å². The number of ether oxygens (including phenoxy) is 2. The third-order valence-corrected chi connectivity index (χ3v) is 4.89. The fraction of sp³-hybridized carbons (Fsp3) is 0.200. The second-order valence-electron chi connectivity index (χ2n) is 5.63. The van der Waals surface area contributed by atoms with E-state index in [1.165, 1.54) is 18.4 Å². The molecule has 0 unspecified atom stereocenters. The molecule has 3 rings (SSSR count). The number of benzene rings is 2. The molecule has 0 aliphatic heterocycles. The molecule has 1 amide bonds. The molecule has 0 aliphatic rings. The van der Waals surface area contributed by atoms with Gasteiger partial charge >= 0.3 is 5.97 Å². The van der Waals surface area contributed by atoms with Gasteiger partial charge in [-0.2, -0.15) is 0 Å². The summed E-state index contributed by atoms with van der Waals surface area (Å²) in [6.45, 7) is 2.49. The predicted octanol–water partition coefficient (Wildman–Crippen LogP) is 4.73. The summed E-state index contributed by atoms with van der Waals surface area (Å²) in [6.07, 6.45) is 0.822. The van der Waals surface area contributed by atoms with Gasteiger partial charge in [0.2, 0.25) is 0 Å². The molecule has 0 aliphatic carbocycles. The van der Waals surface area contributed by atoms with Crippen molar-refractivity contribution in [3.05, 3.63) is 59.0 Å². The Morgan fingerprint density at radius 2 is 1.88 bits per heavy atom. The van der Waals surface area contributed by atoms with E-state index < -0.39 is 5.97 Å². The van der Waals surface area contributed by atoms with Gasteiger partial charge in [-0.1, -0.05) is 25.1 Å². The zero-order chi connectivity index (χ0) is 18.5. The van der Waals surface area contributed by atoms with Crippen LogP contribution in [0.5, 0.6) is 5.75 Å². The minimum atomic E-state index is -0.424. The summed E-state index contributed by atoms with van der Waals surface area (Å²) in [6, 6.07) is 14.5. The molecule has 3 aromatic rings. The number of hydrogen-bond acceptors (Lipinski definition) is 5. The predicted molar refractivity (Wildman–Crippen MR) is 103 cm³/mol. The van der Waals surface area contributed by atoms with Gasteiger partial charge in [0, 0.05) is 21.3 Å². The number of hydrogen-bond donors (Lipinski definition) is 1. The van der Waals surface area contributed by atoms with Crippen molar-refractivity contribution in [3.63, 3.8) is 0 Å². The van der Waals surface area contributed by atoms with E-state index in [4.69, 9.17) is 9.47 Å². The van der Waals surface area contributed by atoms with Gasteiger partial charge in [-0.3, -0.25) is 4.79 Å². The van der Waals surface area contributed by atoms with Gasteiger partial charge in [0.25, 0.3) is 5.91 Å². The van der Waals surface area contributed by atoms with Crippen molar-refractivity contribution in [2.24, 2.45) is 0 Å². The number of methoxy groups -OCH3 is 1. The number of rotatable bonds is 6. The Morgan fingerprint density at radius 1 is 1.12 bits per heavy atom. The minimum absolute atomic E-state index is 0.190. The van der Waals surface area contributed by atoms with E-state index in [1.54, 1.807) is 12.1 Å². The molecule has 0 bridgehead atoms. The summed E-state index contributed by atoms with van der Waals surface area (Å²) in [5, 5.41) is 3.67. The highest BCUT2D eigenvalue weighted by Gasteiger charge is 2.21. The van der Waals surface area contributed by atoms with Gasteiger partial charge in [-0.25, -0.2) is 4.79 Å². The van der Waals surface area contributed by atoms with E-state index >= 15 is 0 Å². The molecule has 0 atom stereocenters. The Kier molecular flexibility index (Phi) is 5.53. The molecule has 0 radical (unpaired) electrons. The lowest BCUT2D eigenvalue weighted by molar-refractivity contribution is 0.0602. The number of esters is 1. The van der Waals surface area contributed by atoms with Crippen molar-refractivity contribution in [2.75, 3.05) is 19.0 Å². The van der Waals surface area contributed by atoms with Gasteiger partial charge in [-0.15, -0.1) is 11.3 Å². The molecule has 0 spiro atoms. The van der Waals surface area contributed by atoms with Gasteiger partial charge in [0.1, 0.15) is 0 Å². The molecule has 1 heterocycles. The lowest BCUT2D eigenvalue weighted by atomic mass is 10.2. The normalized spacial score (nSPS) is 10.5. The summed E-state index contributed by atoms with van der Waals surface area (Å²) in [5.41, 5.74) is 1.22. The SMILES string of the molecule is CCCOc1c(C(=O)OC)sc2ccc(NC(=O)c3ccccc3)cc12. The molecule has 0 saturated heterocycles. The van der Waals surface area contributed by atoms with Crippen LogP contribution in [0.25, 0.3) is 10.1 Å². The van der Waals surface area contributed by atoms with Gasteiger partial charge in [0.15, 0.2) is 10.6 Å². The highest BCUT2D eigenvalue weighted by atomic mass is 32.1. The average molecular weight is 369 g/mol. The van der Waals surface area contributed by atoms with E-state index in [-0.39, 0.29) is 5.91 Å². The number of fused-ring (bicyclic) bond motifs is 1. The van der Waals surface area contributed by atoms with E-state index in [0.717, 1.165) is 16.5 Å². The monoisotopic (exact) mass is 369 g/mol. The highest BCUT2D eigenvalue weighted by molar-refractivity contribution is 7.21. The first-order chi connectivity index (χ1) is 12.6. The molecule has 1 aromatic heterocycles. The lowest BCUT2D eigenvalue weighted by Gasteiger charge is -2.08. The molecule has 134 valence electrons. The van der Waals surface area contributed by atoms with Crippen molar-refractivity contribution >= 4 is 39.0 Å². The van der Waals surface area contributed by atoms with Crippen molar-refractivity contribution in [1.82, 2.24) is 0 Å². The summed E-state index contributed by atoms with van der Waals surface area (Å²) in [7, 11) is 1.35. The molecular formula is C20H19NO4S. The molecule has 0 fully saturated rings. The maximum absolute atomic E-state index is 12.4. The van der Waals surface area contributed by atoms with Crippen LogP contribution in [0.15, 0.2) is 48.5 Å². The van der Waals surface area contributed by atoms with Crippen molar-refractivity contribution in [2.45, 2.75) is 13.3 Å². The van der Waals surface area contributed by atoms with Crippen LogP contribution in [0, 0.1) is 0 Å². The van der Waals surface area contributed by atoms with Crippen LogP contribution in [-0.2, 0) is 4.74 Å². The summed E-state index contributed by atoms with van der Waals surface area (Å²) < 4.78 is 11.6. The highest BCUT2D eigenvalue weighted by Crippen LogP contribution is 2.39. The first kappa shape index (κ1) is 17.9. The third kappa shape index (κ3) is 3.70. The van der Waals surface area contributed by atoms with Crippen LogP contribution in [0.1, 0.15) is 33.4 Å². The Balaban J connectivity index is 1.96. The number of amides is 1. The Labute approximate surface area is 155 Å². The van der Waals surface area contributed by atoms with Gasteiger partial charge in [0.05, 0.1) is 13.7 Å². The molecule has 0 saturated carbocycles. The number of carbonyl (C=O) groups excluding carboxylic acids is 2. The average Bonchev–Trinajstić information content (AvgIpc) is 3.04. The smallest absolute Gasteiger partial charge is 0.351 e. The zero-order valence-electron chi connectivity index (χ0n) is 14.6. The summed E-state index contributed by atoms with van der Waals surface area (Å²) in [5.74, 6) is -0.105. The second-order valence-corrected chi connectivity index (χ2v) is 6.68. The summed E-state index contributed by atoms with van der Waals surface area (Å²) in [4.78, 5) is 24.8. The molecular weight excluding hydrogens is 350 g/mol. The Hall–Kier alpha value is -2.86. The van der Waals surface area contributed by atoms with Crippen LogP contribution < -0.4 is 10.1 Å². The number of thiophene rings is 1. The standard InChI is InChI=1S/C20H19NO4S/c1-3-11-25-17-15-12-14(21-19(22)13-7-5-4-6-8-13)9-10-16(15)26-18(17)20(23)24-2/h4-10,12H,3,11H2,1-2H3,(H,21,22). The van der Waals surface area contributed by atoms with Gasteiger partial charge < -0.3 is 14.8 Å². The summed E-state index contributed by atoms with van der Waals surface area (Å²) >= 11 is 1.32. The van der Waals surface area contributed by atoms with Crippen molar-refractivity contribution in [3.8, 4) is 5.75 Å².